The van der Waals surface area contributed by atoms with Gasteiger partial charge in [-0.25, -0.2) is 9.78 Å². The number of hydrogen-bond acceptors (Lipinski definition) is 8. The average Bonchev–Trinajstić information content (AvgIpc) is 3.28. The molecule has 2 amide bonds. The van der Waals surface area contributed by atoms with Crippen molar-refractivity contribution in [3.05, 3.63) is 70.8 Å². The van der Waals surface area contributed by atoms with E-state index in [-0.39, 0.29) is 41.5 Å². The number of nitrogens with zero attached hydrogens (tertiary/aromatic N) is 2. The molecule has 0 bridgehead atoms. The van der Waals surface area contributed by atoms with Crippen molar-refractivity contribution in [1.29, 1.82) is 0 Å². The molecular weight excluding hydrogens is 493 g/mol. The summed E-state index contributed by atoms with van der Waals surface area (Å²) in [5, 5.41) is 8.65. The Hall–Kier alpha value is -2.77. The van der Waals surface area contributed by atoms with Crippen LogP contribution in [0.5, 0.6) is 0 Å². The molecule has 0 aliphatic heterocycles. The van der Waals surface area contributed by atoms with Gasteiger partial charge in [-0.1, -0.05) is 36.5 Å². The Kier molecular flexibility index (Phi) is 12.2. The molecule has 1 aromatic carbocycles. The van der Waals surface area contributed by atoms with E-state index in [0.717, 1.165) is 37.5 Å². The second-order valence-electron chi connectivity index (χ2n) is 8.46. The maximum absolute atomic E-state index is 12.4. The predicted octanol–water partition coefficient (Wildman–Crippen LogP) is 2.11. The molecule has 0 saturated carbocycles. The fourth-order valence-electron chi connectivity index (χ4n) is 2.76. The Bertz CT molecular complexity index is 1140. The van der Waals surface area contributed by atoms with E-state index >= 15 is 0 Å². The van der Waals surface area contributed by atoms with E-state index in [0.29, 0.717) is 10.1 Å². The first-order chi connectivity index (χ1) is 16.4. The van der Waals surface area contributed by atoms with E-state index in [2.05, 4.69) is 33.5 Å². The van der Waals surface area contributed by atoms with E-state index in [1.807, 2.05) is 45.0 Å². The van der Waals surface area contributed by atoms with E-state index in [1.165, 1.54) is 11.3 Å². The number of thiazole rings is 1. The summed E-state index contributed by atoms with van der Waals surface area (Å²) in [5.41, 5.74) is 1.15. The summed E-state index contributed by atoms with van der Waals surface area (Å²) >= 11 is 6.57. The van der Waals surface area contributed by atoms with Gasteiger partial charge < -0.3 is 24.9 Å². The van der Waals surface area contributed by atoms with Crippen molar-refractivity contribution in [3.8, 4) is 10.6 Å². The molecule has 0 fully saturated rings. The van der Waals surface area contributed by atoms with Crippen LogP contribution in [0.1, 0.15) is 49.7 Å². The van der Waals surface area contributed by atoms with Gasteiger partial charge in [-0.15, -0.1) is 17.9 Å². The second-order valence-corrected chi connectivity index (χ2v) is 9.78. The quantitative estimate of drug-likeness (QED) is 0.221. The monoisotopic (exact) mass is 521 g/mol. The first-order valence-electron chi connectivity index (χ1n) is 10.7. The van der Waals surface area contributed by atoms with Crippen LogP contribution in [-0.4, -0.2) is 40.5 Å². The van der Waals surface area contributed by atoms with Crippen LogP contribution in [0.15, 0.2) is 54.2 Å². The molecule has 2 rings (SSSR count). The Morgan fingerprint density at radius 2 is 1.81 bits per heavy atom. The first-order valence-corrected chi connectivity index (χ1v) is 12.0. The van der Waals surface area contributed by atoms with Crippen molar-refractivity contribution in [3.63, 3.8) is 0 Å². The van der Waals surface area contributed by atoms with E-state index in [9.17, 15) is 14.4 Å². The molecular formula is C25H28LiN3O5S2. The summed E-state index contributed by atoms with van der Waals surface area (Å²) < 4.78 is 10.1. The number of nitrogens with one attached hydrogen (secondary N) is 1. The summed E-state index contributed by atoms with van der Waals surface area (Å²) in [5.74, 6) is -2.38. The summed E-state index contributed by atoms with van der Waals surface area (Å²) in [6, 6.07) is 7.90. The van der Waals surface area contributed by atoms with Crippen molar-refractivity contribution in [2.75, 3.05) is 7.11 Å². The topological polar surface area (TPSA) is 109 Å². The van der Waals surface area contributed by atoms with Gasteiger partial charge in [0.15, 0.2) is 5.05 Å². The fourth-order valence-corrected chi connectivity index (χ4v) is 3.96. The normalized spacial score (nSPS) is 10.4. The number of benzene rings is 1. The second kappa shape index (κ2) is 14.1. The van der Waals surface area contributed by atoms with Gasteiger partial charge in [-0.3, -0.25) is 4.79 Å². The van der Waals surface area contributed by atoms with E-state index in [1.54, 1.807) is 5.38 Å². The van der Waals surface area contributed by atoms with Gasteiger partial charge in [0.05, 0.1) is 12.8 Å². The van der Waals surface area contributed by atoms with Crippen LogP contribution in [0.3, 0.4) is 0 Å². The van der Waals surface area contributed by atoms with Gasteiger partial charge in [-0.2, -0.15) is 0 Å². The summed E-state index contributed by atoms with van der Waals surface area (Å²) in [7, 11) is 1.15. The maximum atomic E-state index is 12.4. The molecule has 0 saturated heterocycles. The number of carbonyl (C=O) groups excluding carboxylic acids is 3. The standard InChI is InChI=1S/C25H29N3O5S2.Li/c1-15(21(29)27-16(2)24(31)32-6)26-22(30)19-14-35-23(28-19)18-12-10-17(11-13-18)8-7-9-20(34)33-25(3,4)5;/h10-14H,1-2,7-9H2,3-6H3,(H2,26,27,29,30);/q;+1/p-1. The molecule has 1 heterocycles. The van der Waals surface area contributed by atoms with Crippen LogP contribution in [0.2, 0.25) is 0 Å². The molecule has 0 aliphatic rings. The summed E-state index contributed by atoms with van der Waals surface area (Å²) in [4.78, 5) is 40.0. The van der Waals surface area contributed by atoms with Gasteiger partial charge in [0, 0.05) is 17.4 Å². The first kappa shape index (κ1) is 31.3. The zero-order valence-corrected chi connectivity index (χ0v) is 22.8. The van der Waals surface area contributed by atoms with Gasteiger partial charge >= 0.3 is 24.8 Å². The Morgan fingerprint density at radius 1 is 1.17 bits per heavy atom. The third kappa shape index (κ3) is 10.1. The number of methoxy groups -OCH3 is 1. The molecule has 186 valence electrons. The average molecular weight is 522 g/mol. The molecule has 0 atom stereocenters. The third-order valence-corrected chi connectivity index (χ3v) is 5.56. The molecule has 11 heteroatoms. The van der Waals surface area contributed by atoms with Crippen molar-refractivity contribution < 1.29 is 42.7 Å². The Morgan fingerprint density at radius 3 is 2.39 bits per heavy atom. The van der Waals surface area contributed by atoms with Gasteiger partial charge in [-0.05, 0) is 51.4 Å². The van der Waals surface area contributed by atoms with Crippen molar-refractivity contribution in [2.45, 2.75) is 45.6 Å². The smallest absolute Gasteiger partial charge is 0.617 e. The number of carbonyl (C=O) groups is 3. The van der Waals surface area contributed by atoms with E-state index < -0.39 is 17.8 Å². The predicted molar refractivity (Wildman–Crippen MR) is 140 cm³/mol. The van der Waals surface area contributed by atoms with Crippen molar-refractivity contribution in [1.82, 2.24) is 10.3 Å². The molecule has 2 aromatic rings. The van der Waals surface area contributed by atoms with Crippen LogP contribution in [0, 0.1) is 0 Å². The van der Waals surface area contributed by atoms with Crippen LogP contribution in [0.4, 0.5) is 0 Å². The van der Waals surface area contributed by atoms with Crippen molar-refractivity contribution >= 4 is 46.4 Å². The maximum Gasteiger partial charge on any atom is 1.00 e. The number of esters is 1. The minimum Gasteiger partial charge on any atom is -0.617 e. The van der Waals surface area contributed by atoms with Crippen LogP contribution in [-0.2, 0) is 25.5 Å². The molecule has 1 N–H and O–H groups in total. The molecule has 36 heavy (non-hydrogen) atoms. The zero-order chi connectivity index (χ0) is 26.2. The number of ether oxygens (including phenoxy) is 2. The molecule has 0 radical (unpaired) electrons. The summed E-state index contributed by atoms with van der Waals surface area (Å²) in [6.45, 7) is 12.7. The molecule has 8 nitrogen and oxygen atoms in total. The minimum absolute atomic E-state index is 0. The van der Waals surface area contributed by atoms with Gasteiger partial charge in [0.2, 0.25) is 5.91 Å². The zero-order valence-electron chi connectivity index (χ0n) is 21.2. The van der Waals surface area contributed by atoms with Gasteiger partial charge in [0.1, 0.15) is 22.2 Å². The SMILES string of the molecule is C=C([N-]C(=O)c1csc(-c2ccc(CCCC(=S)OC(C)(C)C)cc2)n1)C(=O)NC(=C)C(=O)OC.[Li+]. The summed E-state index contributed by atoms with van der Waals surface area (Å²) in [6.07, 6.45) is 2.47. The fraction of sp³-hybridized carbons (Fsp3) is 0.320. The largest absolute Gasteiger partial charge is 1.00 e. The molecule has 0 spiro atoms. The van der Waals surface area contributed by atoms with Gasteiger partial charge in [0.25, 0.3) is 0 Å². The van der Waals surface area contributed by atoms with E-state index in [4.69, 9.17) is 17.0 Å². The van der Waals surface area contributed by atoms with Crippen LogP contribution < -0.4 is 24.2 Å². The molecule has 0 aliphatic carbocycles. The number of thiocarbonyl (C=S) groups is 1. The van der Waals surface area contributed by atoms with Crippen LogP contribution >= 0.6 is 23.6 Å². The molecule has 0 unspecified atom stereocenters. The number of rotatable bonds is 10. The number of amides is 2. The Labute approximate surface area is 232 Å². The number of hydrogen-bond donors (Lipinski definition) is 1. The minimum atomic E-state index is -0.842. The van der Waals surface area contributed by atoms with Crippen LogP contribution in [0.25, 0.3) is 15.9 Å². The molecule has 1 aromatic heterocycles. The third-order valence-electron chi connectivity index (χ3n) is 4.39. The number of aryl methyl sites for hydroxylation is 1. The Balaban J connectivity index is 0.00000648. The number of aromatic nitrogens is 1. The van der Waals surface area contributed by atoms with Crippen molar-refractivity contribution in [2.24, 2.45) is 0 Å².